The Hall–Kier alpha value is -0.420. The average Bonchev–Trinajstić information content (AvgIpc) is 3.14. The lowest BCUT2D eigenvalue weighted by atomic mass is 9.98. The Bertz CT molecular complexity index is 498. The number of nitrogens with zero attached hydrogens (tertiary/aromatic N) is 1. The molecule has 1 aromatic rings. The number of epoxide rings is 1. The minimum Gasteiger partial charge on any atom is -0.343 e. The summed E-state index contributed by atoms with van der Waals surface area (Å²) in [5.74, 6) is 0. The Kier molecular flexibility index (Phi) is 3.93. The molecule has 3 rings (SSSR count). The molecule has 2 aliphatic heterocycles. The monoisotopic (exact) mass is 339 g/mol. The van der Waals surface area contributed by atoms with Gasteiger partial charge in [0.05, 0.1) is 5.60 Å². The fraction of sp³-hybridized carbons (Fsp3) is 0.625. The Morgan fingerprint density at radius 2 is 2.15 bits per heavy atom. The van der Waals surface area contributed by atoms with Crippen LogP contribution >= 0.6 is 15.9 Å². The summed E-state index contributed by atoms with van der Waals surface area (Å²) in [6, 6.07) is 6.77. The smallest absolute Gasteiger partial charge is 0.200 e. The lowest BCUT2D eigenvalue weighted by Gasteiger charge is -2.28. The fourth-order valence-electron chi connectivity index (χ4n) is 2.71. The van der Waals surface area contributed by atoms with Crippen molar-refractivity contribution < 1.29 is 9.47 Å². The summed E-state index contributed by atoms with van der Waals surface area (Å²) in [5.41, 5.74) is 4.12. The van der Waals surface area contributed by atoms with Gasteiger partial charge < -0.3 is 9.47 Å². The van der Waals surface area contributed by atoms with Crippen LogP contribution in [0.4, 0.5) is 0 Å². The summed E-state index contributed by atoms with van der Waals surface area (Å²) in [7, 11) is 0. The Morgan fingerprint density at radius 1 is 1.35 bits per heavy atom. The van der Waals surface area contributed by atoms with Gasteiger partial charge in [0.25, 0.3) is 0 Å². The number of hydrogen-bond donors (Lipinski definition) is 0. The molecule has 0 amide bonds. The highest BCUT2D eigenvalue weighted by molar-refractivity contribution is 9.08. The molecule has 0 aliphatic carbocycles. The van der Waals surface area contributed by atoms with E-state index in [0.29, 0.717) is 0 Å². The highest BCUT2D eigenvalue weighted by Gasteiger charge is 2.47. The van der Waals surface area contributed by atoms with Gasteiger partial charge in [0.1, 0.15) is 0 Å². The van der Waals surface area contributed by atoms with Crippen molar-refractivity contribution in [2.24, 2.45) is 0 Å². The maximum absolute atomic E-state index is 5.87. The topological polar surface area (TPSA) is 25.0 Å². The fourth-order valence-corrected chi connectivity index (χ4v) is 3.06. The van der Waals surface area contributed by atoms with Gasteiger partial charge in [0.2, 0.25) is 0 Å². The van der Waals surface area contributed by atoms with Crippen molar-refractivity contribution in [1.82, 2.24) is 4.90 Å². The van der Waals surface area contributed by atoms with Crippen molar-refractivity contribution in [3.05, 3.63) is 34.9 Å². The largest absolute Gasteiger partial charge is 0.343 e. The summed E-state index contributed by atoms with van der Waals surface area (Å²) in [5, 5.41) is 0.928. The summed E-state index contributed by atoms with van der Waals surface area (Å²) < 4.78 is 11.6. The van der Waals surface area contributed by atoms with E-state index in [1.54, 1.807) is 0 Å². The molecule has 1 saturated heterocycles. The maximum Gasteiger partial charge on any atom is 0.200 e. The zero-order chi connectivity index (χ0) is 14.3. The van der Waals surface area contributed by atoms with E-state index in [1.165, 1.54) is 16.7 Å². The summed E-state index contributed by atoms with van der Waals surface area (Å²) in [6.45, 7) is 8.22. The molecule has 1 fully saturated rings. The van der Waals surface area contributed by atoms with Crippen LogP contribution in [0, 0.1) is 0 Å². The van der Waals surface area contributed by atoms with Crippen molar-refractivity contribution in [1.29, 1.82) is 0 Å². The summed E-state index contributed by atoms with van der Waals surface area (Å²) in [4.78, 5) is 2.38. The SMILES string of the molecule is CC(C)(C)OC1OC1N1CCc2cc(CBr)ccc2C1. The number of hydrogen-bond acceptors (Lipinski definition) is 3. The van der Waals surface area contributed by atoms with Crippen molar-refractivity contribution in [3.8, 4) is 0 Å². The van der Waals surface area contributed by atoms with Crippen molar-refractivity contribution >= 4 is 15.9 Å². The van der Waals surface area contributed by atoms with Crippen LogP contribution in [-0.4, -0.2) is 29.6 Å². The van der Waals surface area contributed by atoms with E-state index in [4.69, 9.17) is 9.47 Å². The highest BCUT2D eigenvalue weighted by atomic mass is 79.9. The quantitative estimate of drug-likeness (QED) is 0.623. The van der Waals surface area contributed by atoms with Crippen LogP contribution < -0.4 is 0 Å². The molecule has 0 N–H and O–H groups in total. The van der Waals surface area contributed by atoms with Crippen molar-refractivity contribution in [2.75, 3.05) is 6.54 Å². The Balaban J connectivity index is 1.63. The molecule has 0 spiro atoms. The van der Waals surface area contributed by atoms with Gasteiger partial charge in [0, 0.05) is 18.4 Å². The third-order valence-electron chi connectivity index (χ3n) is 3.73. The van der Waals surface area contributed by atoms with Crippen LogP contribution in [0.3, 0.4) is 0 Å². The minimum absolute atomic E-state index is 0.0571. The Labute approximate surface area is 129 Å². The molecule has 3 nitrogen and oxygen atoms in total. The van der Waals surface area contributed by atoms with Crippen LogP contribution in [0.5, 0.6) is 0 Å². The molecule has 4 heteroatoms. The second kappa shape index (κ2) is 5.41. The first kappa shape index (κ1) is 14.5. The molecule has 0 saturated carbocycles. The maximum atomic E-state index is 5.87. The molecule has 0 aromatic heterocycles. The molecular formula is C16H22BrNO2. The van der Waals surface area contributed by atoms with E-state index >= 15 is 0 Å². The lowest BCUT2D eigenvalue weighted by Crippen LogP contribution is -2.35. The van der Waals surface area contributed by atoms with Gasteiger partial charge in [-0.25, -0.2) is 0 Å². The van der Waals surface area contributed by atoms with Gasteiger partial charge >= 0.3 is 0 Å². The normalized spacial score (nSPS) is 26.4. The van der Waals surface area contributed by atoms with E-state index < -0.39 is 0 Å². The molecule has 0 bridgehead atoms. The zero-order valence-corrected chi connectivity index (χ0v) is 13.9. The third-order valence-corrected chi connectivity index (χ3v) is 4.37. The first-order chi connectivity index (χ1) is 9.46. The summed E-state index contributed by atoms with van der Waals surface area (Å²) >= 11 is 3.52. The zero-order valence-electron chi connectivity index (χ0n) is 12.4. The second-order valence-electron chi connectivity index (χ2n) is 6.58. The number of ether oxygens (including phenoxy) is 2. The number of fused-ring (bicyclic) bond motifs is 1. The van der Waals surface area contributed by atoms with Crippen LogP contribution in [0.2, 0.25) is 0 Å². The van der Waals surface area contributed by atoms with Gasteiger partial charge in [0.15, 0.2) is 12.5 Å². The Morgan fingerprint density at radius 3 is 2.85 bits per heavy atom. The highest BCUT2D eigenvalue weighted by Crippen LogP contribution is 2.34. The van der Waals surface area contributed by atoms with Gasteiger partial charge in [-0.05, 0) is 43.9 Å². The van der Waals surface area contributed by atoms with E-state index in [9.17, 15) is 0 Å². The third kappa shape index (κ3) is 3.25. The van der Waals surface area contributed by atoms with Gasteiger partial charge in [-0.3, -0.25) is 4.90 Å². The van der Waals surface area contributed by atoms with Crippen LogP contribution in [0.1, 0.15) is 37.5 Å². The van der Waals surface area contributed by atoms with E-state index in [0.717, 1.165) is 24.8 Å². The van der Waals surface area contributed by atoms with Gasteiger partial charge in [-0.2, -0.15) is 0 Å². The first-order valence-corrected chi connectivity index (χ1v) is 8.32. The van der Waals surface area contributed by atoms with E-state index in [2.05, 4.69) is 59.8 Å². The number of halogens is 1. The average molecular weight is 340 g/mol. The molecular weight excluding hydrogens is 318 g/mol. The standard InChI is InChI=1S/C16H22BrNO2/c1-16(2,3)20-15-14(19-15)18-7-6-12-8-11(9-17)4-5-13(12)10-18/h4-5,8,14-15H,6-7,9-10H2,1-3H3. The molecule has 1 aromatic carbocycles. The van der Waals surface area contributed by atoms with E-state index in [1.807, 2.05) is 0 Å². The predicted octanol–water partition coefficient (Wildman–Crippen LogP) is 3.44. The predicted molar refractivity (Wildman–Crippen MR) is 82.7 cm³/mol. The van der Waals surface area contributed by atoms with Crippen LogP contribution in [-0.2, 0) is 27.8 Å². The lowest BCUT2D eigenvalue weighted by molar-refractivity contribution is -0.0578. The van der Waals surface area contributed by atoms with Gasteiger partial charge in [-0.15, -0.1) is 0 Å². The number of rotatable bonds is 3. The second-order valence-corrected chi connectivity index (χ2v) is 7.14. The first-order valence-electron chi connectivity index (χ1n) is 7.20. The minimum atomic E-state index is -0.141. The number of alkyl halides is 1. The van der Waals surface area contributed by atoms with Crippen molar-refractivity contribution in [2.45, 2.75) is 57.2 Å². The van der Waals surface area contributed by atoms with Gasteiger partial charge in [-0.1, -0.05) is 34.1 Å². The van der Waals surface area contributed by atoms with Crippen LogP contribution in [0.25, 0.3) is 0 Å². The molecule has 2 heterocycles. The summed E-state index contributed by atoms with van der Waals surface area (Å²) in [6.07, 6.45) is 1.18. The van der Waals surface area contributed by atoms with Crippen LogP contribution in [0.15, 0.2) is 18.2 Å². The van der Waals surface area contributed by atoms with E-state index in [-0.39, 0.29) is 18.1 Å². The molecule has 20 heavy (non-hydrogen) atoms. The molecule has 0 radical (unpaired) electrons. The number of benzene rings is 1. The molecule has 2 unspecified atom stereocenters. The van der Waals surface area contributed by atoms with Crippen molar-refractivity contribution in [3.63, 3.8) is 0 Å². The molecule has 2 atom stereocenters. The molecule has 110 valence electrons. The molecule has 2 aliphatic rings.